The number of nitrogens with one attached hydrogen (secondary N) is 5. The van der Waals surface area contributed by atoms with Gasteiger partial charge in [-0.15, -0.1) is 0 Å². The Labute approximate surface area is 263 Å². The zero-order valence-electron chi connectivity index (χ0n) is 26.4. The molecule has 4 atom stereocenters. The van der Waals surface area contributed by atoms with E-state index in [0.717, 1.165) is 44.1 Å². The van der Waals surface area contributed by atoms with E-state index in [0.29, 0.717) is 38.5 Å². The summed E-state index contributed by atoms with van der Waals surface area (Å²) in [4.78, 5) is 39.2. The van der Waals surface area contributed by atoms with Crippen LogP contribution in [-0.2, 0) is 25.7 Å². The number of rotatable bonds is 22. The molecule has 0 aliphatic rings. The fraction of sp³-hybridized carbons (Fsp3) is 0.625. The molecule has 0 heterocycles. The van der Waals surface area contributed by atoms with Crippen LogP contribution in [0.3, 0.4) is 0 Å². The number of alkyl carbamates (subject to hydrolysis) is 1. The monoisotopic (exact) mass is 619 g/mol. The van der Waals surface area contributed by atoms with E-state index in [1.54, 1.807) is 7.11 Å². The number of ether oxygens (including phenoxy) is 2. The Balaban J connectivity index is 2.89. The largest absolute Gasteiger partial charge is 0.445 e. The van der Waals surface area contributed by atoms with Gasteiger partial charge in [-0.05, 0) is 62.0 Å². The standard InChI is InChI=1S/C32H53N5O5S/c1-6-15-24(8-3)21-26(27(16-7-2)35-23-41-5)29(38)36-28(30(39)37-31(43)33-9-4)19-13-14-20-34-32(40)42-22-25-17-11-10-12-18-25/h9-12,17-18,24,26-28,35H,4,6-8,13-16,19-23H2,1-3,5H3,(H,34,40)(H,36,38)(H2,33,37,39,43)/t24?,26-,27+,28+/m1/s1. The second-order valence-electron chi connectivity index (χ2n) is 10.6. The first-order valence-electron chi connectivity index (χ1n) is 15.5. The summed E-state index contributed by atoms with van der Waals surface area (Å²) < 4.78 is 10.5. The summed E-state index contributed by atoms with van der Waals surface area (Å²) in [5.41, 5.74) is 0.906. The predicted octanol–water partition coefficient (Wildman–Crippen LogP) is 4.90. The lowest BCUT2D eigenvalue weighted by Crippen LogP contribution is -2.54. The minimum atomic E-state index is -0.805. The number of hydrogen-bond donors (Lipinski definition) is 5. The smallest absolute Gasteiger partial charge is 0.407 e. The third kappa shape index (κ3) is 16.4. The minimum Gasteiger partial charge on any atom is -0.445 e. The molecule has 0 bridgehead atoms. The zero-order valence-corrected chi connectivity index (χ0v) is 27.2. The molecule has 0 fully saturated rings. The van der Waals surface area contributed by atoms with Crippen LogP contribution < -0.4 is 26.6 Å². The normalized spacial score (nSPS) is 13.6. The van der Waals surface area contributed by atoms with Crippen LogP contribution in [0.15, 0.2) is 43.1 Å². The molecule has 0 spiro atoms. The number of thiocarbonyl (C=S) groups is 1. The molecule has 242 valence electrons. The molecule has 1 rings (SSSR count). The highest BCUT2D eigenvalue weighted by Gasteiger charge is 2.32. The van der Waals surface area contributed by atoms with Crippen molar-refractivity contribution in [1.29, 1.82) is 0 Å². The first-order valence-corrected chi connectivity index (χ1v) is 15.9. The van der Waals surface area contributed by atoms with Crippen molar-refractivity contribution in [3.8, 4) is 0 Å². The van der Waals surface area contributed by atoms with E-state index in [-0.39, 0.29) is 29.6 Å². The van der Waals surface area contributed by atoms with Crippen LogP contribution in [0.2, 0.25) is 0 Å². The van der Waals surface area contributed by atoms with Crippen LogP contribution in [0.4, 0.5) is 4.79 Å². The van der Waals surface area contributed by atoms with Gasteiger partial charge in [0.1, 0.15) is 12.6 Å². The Kier molecular flexibility index (Phi) is 20.7. The molecular weight excluding hydrogens is 566 g/mol. The minimum absolute atomic E-state index is 0.0887. The molecule has 5 N–H and O–H groups in total. The van der Waals surface area contributed by atoms with Crippen molar-refractivity contribution in [2.45, 2.75) is 97.2 Å². The second-order valence-corrected chi connectivity index (χ2v) is 11.1. The van der Waals surface area contributed by atoms with E-state index in [1.165, 1.54) is 6.20 Å². The first kappa shape index (κ1) is 38.0. The SMILES string of the molecule is C=CNC(=S)NC(=O)[C@H](CCCCNC(=O)OCc1ccccc1)NC(=O)[C@H](CC(CC)CCC)[C@H](CCC)NCOC. The summed E-state index contributed by atoms with van der Waals surface area (Å²) >= 11 is 5.17. The van der Waals surface area contributed by atoms with Gasteiger partial charge in [-0.25, -0.2) is 4.79 Å². The third-order valence-electron chi connectivity index (χ3n) is 7.28. The summed E-state index contributed by atoms with van der Waals surface area (Å²) in [7, 11) is 1.62. The Morgan fingerprint density at radius 1 is 1.00 bits per heavy atom. The van der Waals surface area contributed by atoms with Gasteiger partial charge in [0, 0.05) is 19.7 Å². The summed E-state index contributed by atoms with van der Waals surface area (Å²) in [6.07, 6.45) is 7.92. The number of carbonyl (C=O) groups excluding carboxylic acids is 3. The molecule has 43 heavy (non-hydrogen) atoms. The highest BCUT2D eigenvalue weighted by Crippen LogP contribution is 2.25. The van der Waals surface area contributed by atoms with E-state index in [2.05, 4.69) is 53.9 Å². The second kappa shape index (κ2) is 23.4. The molecule has 3 amide bonds. The van der Waals surface area contributed by atoms with E-state index in [4.69, 9.17) is 21.7 Å². The van der Waals surface area contributed by atoms with Crippen molar-refractivity contribution in [1.82, 2.24) is 26.6 Å². The maximum atomic E-state index is 13.9. The zero-order chi connectivity index (χ0) is 31.9. The highest BCUT2D eigenvalue weighted by atomic mass is 32.1. The van der Waals surface area contributed by atoms with Crippen molar-refractivity contribution in [2.24, 2.45) is 11.8 Å². The number of methoxy groups -OCH3 is 1. The molecule has 0 saturated carbocycles. The molecule has 1 aromatic rings. The molecule has 0 aliphatic carbocycles. The van der Waals surface area contributed by atoms with E-state index in [1.807, 2.05) is 30.3 Å². The van der Waals surface area contributed by atoms with Gasteiger partial charge in [0.2, 0.25) is 11.8 Å². The van der Waals surface area contributed by atoms with E-state index >= 15 is 0 Å². The van der Waals surface area contributed by atoms with Crippen LogP contribution in [0.5, 0.6) is 0 Å². The number of unbranched alkanes of at least 4 members (excludes halogenated alkanes) is 1. The van der Waals surface area contributed by atoms with Gasteiger partial charge in [-0.2, -0.15) is 0 Å². The molecule has 0 saturated heterocycles. The maximum Gasteiger partial charge on any atom is 0.407 e. The van der Waals surface area contributed by atoms with Crippen molar-refractivity contribution >= 4 is 35.2 Å². The lowest BCUT2D eigenvalue weighted by Gasteiger charge is -2.31. The van der Waals surface area contributed by atoms with Gasteiger partial charge in [0.25, 0.3) is 0 Å². The number of benzene rings is 1. The average molecular weight is 620 g/mol. The van der Waals surface area contributed by atoms with E-state index in [9.17, 15) is 14.4 Å². The average Bonchev–Trinajstić information content (AvgIpc) is 3.00. The summed E-state index contributed by atoms with van der Waals surface area (Å²) in [6.45, 7) is 10.9. The molecular formula is C32H53N5O5S. The lowest BCUT2D eigenvalue weighted by atomic mass is 9.83. The quantitative estimate of drug-likeness (QED) is 0.0705. The molecule has 1 aromatic carbocycles. The Morgan fingerprint density at radius 2 is 1.72 bits per heavy atom. The van der Waals surface area contributed by atoms with Gasteiger partial charge in [0.05, 0.1) is 12.6 Å². The summed E-state index contributed by atoms with van der Waals surface area (Å²) in [5.74, 6) is -0.504. The number of hydrogen-bond acceptors (Lipinski definition) is 7. The summed E-state index contributed by atoms with van der Waals surface area (Å²) in [5, 5.41) is 14.6. The van der Waals surface area contributed by atoms with Crippen LogP contribution in [0.25, 0.3) is 0 Å². The fourth-order valence-corrected chi connectivity index (χ4v) is 5.15. The maximum absolute atomic E-state index is 13.9. The summed E-state index contributed by atoms with van der Waals surface area (Å²) in [6, 6.07) is 8.56. The van der Waals surface area contributed by atoms with Gasteiger partial charge in [0.15, 0.2) is 5.11 Å². The number of carbonyl (C=O) groups is 3. The van der Waals surface area contributed by atoms with E-state index < -0.39 is 18.0 Å². The van der Waals surface area contributed by atoms with Crippen molar-refractivity contribution < 1.29 is 23.9 Å². The number of amides is 3. The topological polar surface area (TPSA) is 130 Å². The lowest BCUT2D eigenvalue weighted by molar-refractivity contribution is -0.132. The van der Waals surface area contributed by atoms with Crippen LogP contribution >= 0.6 is 12.2 Å². The molecule has 0 aliphatic heterocycles. The first-order chi connectivity index (χ1) is 20.8. The predicted molar refractivity (Wildman–Crippen MR) is 175 cm³/mol. The molecule has 10 nitrogen and oxygen atoms in total. The van der Waals surface area contributed by atoms with Crippen LogP contribution in [0.1, 0.15) is 84.1 Å². The molecule has 1 unspecified atom stereocenters. The van der Waals surface area contributed by atoms with Crippen molar-refractivity contribution in [2.75, 3.05) is 20.4 Å². The molecule has 0 aromatic heterocycles. The Morgan fingerprint density at radius 3 is 2.35 bits per heavy atom. The van der Waals surface area contributed by atoms with Crippen molar-refractivity contribution in [3.05, 3.63) is 48.7 Å². The fourth-order valence-electron chi connectivity index (χ4n) is 4.97. The van der Waals surface area contributed by atoms with Crippen LogP contribution in [-0.4, -0.2) is 55.5 Å². The van der Waals surface area contributed by atoms with Gasteiger partial charge >= 0.3 is 6.09 Å². The van der Waals surface area contributed by atoms with Gasteiger partial charge in [-0.1, -0.05) is 83.4 Å². The Hall–Kier alpha value is -3.02. The van der Waals surface area contributed by atoms with Crippen molar-refractivity contribution in [3.63, 3.8) is 0 Å². The van der Waals surface area contributed by atoms with Gasteiger partial charge < -0.3 is 30.7 Å². The molecule has 11 heteroatoms. The Bertz CT molecular complexity index is 965. The van der Waals surface area contributed by atoms with Gasteiger partial charge in [-0.3, -0.25) is 14.9 Å². The highest BCUT2D eigenvalue weighted by molar-refractivity contribution is 7.80. The van der Waals surface area contributed by atoms with Crippen LogP contribution in [0, 0.1) is 11.8 Å². The molecule has 0 radical (unpaired) electrons. The third-order valence-corrected chi connectivity index (χ3v) is 7.50.